The quantitative estimate of drug-likeness (QED) is 0.660. The van der Waals surface area contributed by atoms with E-state index in [1.54, 1.807) is 0 Å². The fraction of sp³-hybridized carbons (Fsp3) is 0.933. The minimum Gasteiger partial charge on any atom is -0.368 e. The summed E-state index contributed by atoms with van der Waals surface area (Å²) < 4.78 is 0. The molecule has 0 aromatic heterocycles. The Bertz CT molecular complexity index is 283. The number of piperidine rings is 1. The first-order chi connectivity index (χ1) is 8.98. The number of nitrogens with two attached hydrogens (primary N) is 1. The number of hydrogen-bond acceptors (Lipinski definition) is 3. The molecule has 19 heavy (non-hydrogen) atoms. The number of carbonyl (C=O) groups is 1. The maximum absolute atomic E-state index is 11.5. The van der Waals surface area contributed by atoms with Gasteiger partial charge in [-0.1, -0.05) is 13.8 Å². The summed E-state index contributed by atoms with van der Waals surface area (Å²) in [5.41, 5.74) is 4.95. The van der Waals surface area contributed by atoms with Gasteiger partial charge in [0.25, 0.3) is 0 Å². The van der Waals surface area contributed by atoms with Crippen LogP contribution in [-0.2, 0) is 4.79 Å². The minimum atomic E-state index is -0.538. The van der Waals surface area contributed by atoms with E-state index in [-0.39, 0.29) is 5.91 Å². The first-order valence-electron chi connectivity index (χ1n) is 7.75. The standard InChI is InChI=1S/C15H31N3O/c1-4-17-15(3,14(16)19)9-5-6-10-18-11-7-8-13(2)12-18/h13,17H,4-12H2,1-3H3,(H2,16,19). The number of carbonyl (C=O) groups excluding carboxylic acids is 1. The van der Waals surface area contributed by atoms with Crippen molar-refractivity contribution in [2.24, 2.45) is 11.7 Å². The smallest absolute Gasteiger partial charge is 0.237 e. The molecule has 1 amide bonds. The molecule has 4 heteroatoms. The Morgan fingerprint density at radius 2 is 2.21 bits per heavy atom. The van der Waals surface area contributed by atoms with Crippen LogP contribution in [0.3, 0.4) is 0 Å². The lowest BCUT2D eigenvalue weighted by molar-refractivity contribution is -0.124. The molecule has 0 radical (unpaired) electrons. The van der Waals surface area contributed by atoms with E-state index >= 15 is 0 Å². The molecule has 0 aromatic rings. The van der Waals surface area contributed by atoms with Gasteiger partial charge in [-0.05, 0) is 64.6 Å². The number of hydrogen-bond donors (Lipinski definition) is 2. The van der Waals surface area contributed by atoms with E-state index in [0.29, 0.717) is 0 Å². The van der Waals surface area contributed by atoms with E-state index in [1.165, 1.54) is 25.9 Å². The van der Waals surface area contributed by atoms with Crippen LogP contribution in [0, 0.1) is 5.92 Å². The summed E-state index contributed by atoms with van der Waals surface area (Å²) >= 11 is 0. The van der Waals surface area contributed by atoms with Crippen LogP contribution in [-0.4, -0.2) is 42.5 Å². The maximum atomic E-state index is 11.5. The lowest BCUT2D eigenvalue weighted by atomic mass is 9.93. The lowest BCUT2D eigenvalue weighted by Crippen LogP contribution is -2.53. The van der Waals surface area contributed by atoms with E-state index in [0.717, 1.165) is 38.3 Å². The molecule has 1 aliphatic rings. The van der Waals surface area contributed by atoms with E-state index in [9.17, 15) is 4.79 Å². The SMILES string of the molecule is CCNC(C)(CCCCN1CCCC(C)C1)C(N)=O. The Kier molecular flexibility index (Phi) is 6.80. The topological polar surface area (TPSA) is 58.4 Å². The van der Waals surface area contributed by atoms with Gasteiger partial charge >= 0.3 is 0 Å². The van der Waals surface area contributed by atoms with Crippen molar-refractivity contribution in [1.82, 2.24) is 10.2 Å². The van der Waals surface area contributed by atoms with Crippen molar-refractivity contribution in [2.45, 2.75) is 58.4 Å². The molecule has 1 fully saturated rings. The summed E-state index contributed by atoms with van der Waals surface area (Å²) in [4.78, 5) is 14.1. The van der Waals surface area contributed by atoms with Crippen LogP contribution >= 0.6 is 0 Å². The largest absolute Gasteiger partial charge is 0.368 e. The van der Waals surface area contributed by atoms with Crippen LogP contribution in [0.2, 0.25) is 0 Å². The van der Waals surface area contributed by atoms with Crippen LogP contribution in [0.25, 0.3) is 0 Å². The molecule has 0 saturated carbocycles. The van der Waals surface area contributed by atoms with Crippen LogP contribution < -0.4 is 11.1 Å². The number of amides is 1. The summed E-state index contributed by atoms with van der Waals surface area (Å²) in [6.45, 7) is 10.7. The monoisotopic (exact) mass is 269 g/mol. The van der Waals surface area contributed by atoms with Gasteiger partial charge < -0.3 is 16.0 Å². The molecule has 1 heterocycles. The molecule has 2 atom stereocenters. The number of rotatable bonds is 8. The molecular weight excluding hydrogens is 238 g/mol. The van der Waals surface area contributed by atoms with Crippen molar-refractivity contribution in [3.05, 3.63) is 0 Å². The number of primary amides is 1. The summed E-state index contributed by atoms with van der Waals surface area (Å²) in [5.74, 6) is 0.604. The molecule has 0 spiro atoms. The Morgan fingerprint density at radius 1 is 1.47 bits per heavy atom. The maximum Gasteiger partial charge on any atom is 0.237 e. The van der Waals surface area contributed by atoms with E-state index in [4.69, 9.17) is 5.73 Å². The zero-order valence-corrected chi connectivity index (χ0v) is 12.9. The average molecular weight is 269 g/mol. The van der Waals surface area contributed by atoms with Gasteiger partial charge in [0.2, 0.25) is 5.91 Å². The predicted molar refractivity (Wildman–Crippen MR) is 80.0 cm³/mol. The molecule has 3 N–H and O–H groups in total. The summed E-state index contributed by atoms with van der Waals surface area (Å²) in [5, 5.41) is 3.22. The molecule has 0 aliphatic carbocycles. The fourth-order valence-corrected chi connectivity index (χ4v) is 2.99. The zero-order valence-electron chi connectivity index (χ0n) is 12.9. The third kappa shape index (κ3) is 5.49. The molecule has 4 nitrogen and oxygen atoms in total. The minimum absolute atomic E-state index is 0.235. The number of likely N-dealkylation sites (tertiary alicyclic amines) is 1. The Morgan fingerprint density at radius 3 is 2.79 bits per heavy atom. The summed E-state index contributed by atoms with van der Waals surface area (Å²) in [7, 11) is 0. The fourth-order valence-electron chi connectivity index (χ4n) is 2.99. The van der Waals surface area contributed by atoms with E-state index in [1.807, 2.05) is 13.8 Å². The summed E-state index contributed by atoms with van der Waals surface area (Å²) in [6.07, 6.45) is 5.74. The normalized spacial score (nSPS) is 24.1. The van der Waals surface area contributed by atoms with Gasteiger partial charge in [0.15, 0.2) is 0 Å². The van der Waals surface area contributed by atoms with Crippen LogP contribution in [0.1, 0.15) is 52.9 Å². The van der Waals surface area contributed by atoms with Crippen molar-refractivity contribution >= 4 is 5.91 Å². The average Bonchev–Trinajstić information content (AvgIpc) is 2.35. The van der Waals surface area contributed by atoms with Gasteiger partial charge in [0.05, 0.1) is 5.54 Å². The second kappa shape index (κ2) is 7.85. The number of unbranched alkanes of at least 4 members (excludes halogenated alkanes) is 1. The number of nitrogens with zero attached hydrogens (tertiary/aromatic N) is 1. The van der Waals surface area contributed by atoms with Crippen molar-refractivity contribution in [1.29, 1.82) is 0 Å². The van der Waals surface area contributed by atoms with Crippen molar-refractivity contribution in [3.63, 3.8) is 0 Å². The Balaban J connectivity index is 2.23. The Hall–Kier alpha value is -0.610. The molecule has 112 valence electrons. The highest BCUT2D eigenvalue weighted by molar-refractivity contribution is 5.84. The molecule has 0 bridgehead atoms. The Labute approximate surface area is 118 Å². The van der Waals surface area contributed by atoms with Gasteiger partial charge in [0, 0.05) is 6.54 Å². The van der Waals surface area contributed by atoms with E-state index in [2.05, 4.69) is 17.1 Å². The van der Waals surface area contributed by atoms with E-state index < -0.39 is 5.54 Å². The molecule has 1 rings (SSSR count). The lowest BCUT2D eigenvalue weighted by Gasteiger charge is -2.31. The van der Waals surface area contributed by atoms with Crippen LogP contribution in [0.4, 0.5) is 0 Å². The second-order valence-electron chi connectivity index (χ2n) is 6.23. The third-order valence-corrected chi connectivity index (χ3v) is 4.25. The highest BCUT2D eigenvalue weighted by Gasteiger charge is 2.29. The third-order valence-electron chi connectivity index (χ3n) is 4.25. The second-order valence-corrected chi connectivity index (χ2v) is 6.23. The van der Waals surface area contributed by atoms with Crippen molar-refractivity contribution in [3.8, 4) is 0 Å². The molecule has 0 aromatic carbocycles. The van der Waals surface area contributed by atoms with Crippen molar-refractivity contribution in [2.75, 3.05) is 26.2 Å². The molecule has 1 aliphatic heterocycles. The molecule has 2 unspecified atom stereocenters. The first-order valence-corrected chi connectivity index (χ1v) is 7.75. The molecule has 1 saturated heterocycles. The highest BCUT2D eigenvalue weighted by atomic mass is 16.1. The van der Waals surface area contributed by atoms with Gasteiger partial charge in [0.1, 0.15) is 0 Å². The van der Waals surface area contributed by atoms with Gasteiger partial charge in [-0.3, -0.25) is 4.79 Å². The number of likely N-dealkylation sites (N-methyl/N-ethyl adjacent to an activating group) is 1. The van der Waals surface area contributed by atoms with Crippen LogP contribution in [0.15, 0.2) is 0 Å². The number of nitrogens with one attached hydrogen (secondary N) is 1. The first kappa shape index (κ1) is 16.4. The summed E-state index contributed by atoms with van der Waals surface area (Å²) in [6, 6.07) is 0. The zero-order chi connectivity index (χ0) is 14.3. The van der Waals surface area contributed by atoms with Crippen molar-refractivity contribution < 1.29 is 4.79 Å². The highest BCUT2D eigenvalue weighted by Crippen LogP contribution is 2.17. The van der Waals surface area contributed by atoms with Gasteiger partial charge in [-0.25, -0.2) is 0 Å². The van der Waals surface area contributed by atoms with Crippen LogP contribution in [0.5, 0.6) is 0 Å². The van der Waals surface area contributed by atoms with Gasteiger partial charge in [-0.2, -0.15) is 0 Å². The molecular formula is C15H31N3O. The van der Waals surface area contributed by atoms with Gasteiger partial charge in [-0.15, -0.1) is 0 Å². The predicted octanol–water partition coefficient (Wildman–Crippen LogP) is 1.74.